The van der Waals surface area contributed by atoms with Crippen LogP contribution in [-0.2, 0) is 23.8 Å². The highest BCUT2D eigenvalue weighted by atomic mass is 16.5. The molecule has 2 atom stereocenters. The molecule has 0 amide bonds. The highest BCUT2D eigenvalue weighted by Crippen LogP contribution is 2.36. The zero-order chi connectivity index (χ0) is 18.4. The minimum Gasteiger partial charge on any atom is -0.497 e. The van der Waals surface area contributed by atoms with E-state index < -0.39 is 18.2 Å². The van der Waals surface area contributed by atoms with Gasteiger partial charge in [0.05, 0.1) is 33.4 Å². The standard InChI is InChI=1S/C18H23NO6/c1-5-15-14(10-17(20)23-3)19(16(25-15)11-18(21)24-4)12-6-8-13(22-2)9-7-12/h6-10,15-16H,5,11H2,1-4H3/b14-10+. The molecule has 2 rings (SSSR count). The molecule has 1 aliphatic rings. The summed E-state index contributed by atoms with van der Waals surface area (Å²) in [5.74, 6) is -0.161. The van der Waals surface area contributed by atoms with Gasteiger partial charge in [0.15, 0.2) is 0 Å². The second-order valence-corrected chi connectivity index (χ2v) is 5.43. The molecule has 1 aromatic rings. The second-order valence-electron chi connectivity index (χ2n) is 5.43. The summed E-state index contributed by atoms with van der Waals surface area (Å²) in [6, 6.07) is 7.30. The molecule has 1 aliphatic heterocycles. The van der Waals surface area contributed by atoms with Crippen LogP contribution in [0, 0.1) is 0 Å². The third kappa shape index (κ3) is 4.30. The number of rotatable bonds is 6. The van der Waals surface area contributed by atoms with Gasteiger partial charge in [0, 0.05) is 11.8 Å². The first-order valence-corrected chi connectivity index (χ1v) is 7.99. The van der Waals surface area contributed by atoms with Crippen LogP contribution < -0.4 is 9.64 Å². The van der Waals surface area contributed by atoms with Crippen LogP contribution in [0.3, 0.4) is 0 Å². The second kappa shape index (κ2) is 8.53. The van der Waals surface area contributed by atoms with Crippen molar-refractivity contribution in [2.24, 2.45) is 0 Å². The first kappa shape index (κ1) is 18.8. The third-order valence-electron chi connectivity index (χ3n) is 3.97. The van der Waals surface area contributed by atoms with Crippen molar-refractivity contribution >= 4 is 17.6 Å². The fraction of sp³-hybridized carbons (Fsp3) is 0.444. The van der Waals surface area contributed by atoms with Crippen molar-refractivity contribution in [2.45, 2.75) is 32.1 Å². The Bertz CT molecular complexity index is 639. The molecule has 1 saturated heterocycles. The molecule has 0 N–H and O–H groups in total. The molecule has 2 unspecified atom stereocenters. The van der Waals surface area contributed by atoms with Crippen molar-refractivity contribution in [2.75, 3.05) is 26.2 Å². The molecule has 1 fully saturated rings. The lowest BCUT2D eigenvalue weighted by atomic mass is 10.1. The average Bonchev–Trinajstić information content (AvgIpc) is 2.98. The molecule has 0 saturated carbocycles. The van der Waals surface area contributed by atoms with Crippen molar-refractivity contribution in [1.29, 1.82) is 0 Å². The maximum atomic E-state index is 11.8. The van der Waals surface area contributed by atoms with E-state index in [1.165, 1.54) is 20.3 Å². The number of methoxy groups -OCH3 is 3. The zero-order valence-electron chi connectivity index (χ0n) is 14.9. The molecule has 1 aromatic carbocycles. The Morgan fingerprint density at radius 3 is 2.36 bits per heavy atom. The summed E-state index contributed by atoms with van der Waals surface area (Å²) >= 11 is 0. The largest absolute Gasteiger partial charge is 0.497 e. The van der Waals surface area contributed by atoms with E-state index >= 15 is 0 Å². The molecule has 0 spiro atoms. The van der Waals surface area contributed by atoms with Gasteiger partial charge in [0.1, 0.15) is 18.1 Å². The predicted molar refractivity (Wildman–Crippen MR) is 91.2 cm³/mol. The Labute approximate surface area is 147 Å². The van der Waals surface area contributed by atoms with Crippen LogP contribution in [0.15, 0.2) is 36.0 Å². The maximum absolute atomic E-state index is 11.8. The van der Waals surface area contributed by atoms with Crippen LogP contribution in [0.5, 0.6) is 5.75 Å². The van der Waals surface area contributed by atoms with Crippen molar-refractivity contribution in [3.63, 3.8) is 0 Å². The first-order valence-electron chi connectivity index (χ1n) is 7.99. The SMILES string of the molecule is CCC1OC(CC(=O)OC)N(c2ccc(OC)cc2)/C1=C/C(=O)OC. The van der Waals surface area contributed by atoms with Crippen molar-refractivity contribution in [3.8, 4) is 5.75 Å². The van der Waals surface area contributed by atoms with Crippen molar-refractivity contribution in [3.05, 3.63) is 36.0 Å². The molecule has 136 valence electrons. The van der Waals surface area contributed by atoms with Crippen LogP contribution in [0.25, 0.3) is 0 Å². The fourth-order valence-corrected chi connectivity index (χ4v) is 2.71. The number of benzene rings is 1. The predicted octanol–water partition coefficient (Wildman–Crippen LogP) is 2.26. The van der Waals surface area contributed by atoms with E-state index in [1.54, 1.807) is 19.2 Å². The molecule has 7 heteroatoms. The quantitative estimate of drug-likeness (QED) is 0.576. The van der Waals surface area contributed by atoms with Gasteiger partial charge >= 0.3 is 11.9 Å². The number of esters is 2. The molecule has 25 heavy (non-hydrogen) atoms. The molecule has 1 heterocycles. The van der Waals surface area contributed by atoms with Gasteiger partial charge in [0.2, 0.25) is 0 Å². The van der Waals surface area contributed by atoms with E-state index in [2.05, 4.69) is 0 Å². The number of carbonyl (C=O) groups is 2. The summed E-state index contributed by atoms with van der Waals surface area (Å²) in [7, 11) is 4.24. The van der Waals surface area contributed by atoms with Gasteiger partial charge in [-0.25, -0.2) is 4.79 Å². The molecule has 0 bridgehead atoms. The number of hydrogen-bond acceptors (Lipinski definition) is 7. The van der Waals surface area contributed by atoms with Crippen molar-refractivity contribution in [1.82, 2.24) is 0 Å². The zero-order valence-corrected chi connectivity index (χ0v) is 14.9. The molecular formula is C18H23NO6. The van der Waals surface area contributed by atoms with Crippen LogP contribution in [-0.4, -0.2) is 45.6 Å². The topological polar surface area (TPSA) is 74.3 Å². The first-order chi connectivity index (χ1) is 12.0. The Morgan fingerprint density at radius 1 is 1.16 bits per heavy atom. The molecule has 0 aromatic heterocycles. The maximum Gasteiger partial charge on any atom is 0.332 e. The lowest BCUT2D eigenvalue weighted by molar-refractivity contribution is -0.143. The molecule has 0 aliphatic carbocycles. The summed E-state index contributed by atoms with van der Waals surface area (Å²) < 4.78 is 20.7. The number of carbonyl (C=O) groups excluding carboxylic acids is 2. The van der Waals surface area contributed by atoms with Gasteiger partial charge in [-0.15, -0.1) is 0 Å². The van der Waals surface area contributed by atoms with Crippen LogP contribution in [0.2, 0.25) is 0 Å². The number of hydrogen-bond donors (Lipinski definition) is 0. The summed E-state index contributed by atoms with van der Waals surface area (Å²) in [5, 5.41) is 0. The Morgan fingerprint density at radius 2 is 1.84 bits per heavy atom. The number of anilines is 1. The minimum atomic E-state index is -0.568. The van der Waals surface area contributed by atoms with E-state index in [0.29, 0.717) is 17.9 Å². The molecule has 0 radical (unpaired) electrons. The average molecular weight is 349 g/mol. The lowest BCUT2D eigenvalue weighted by Gasteiger charge is -2.25. The summed E-state index contributed by atoms with van der Waals surface area (Å²) in [5.41, 5.74) is 1.43. The van der Waals surface area contributed by atoms with Gasteiger partial charge < -0.3 is 23.8 Å². The number of nitrogens with zero attached hydrogens (tertiary/aromatic N) is 1. The fourth-order valence-electron chi connectivity index (χ4n) is 2.71. The highest BCUT2D eigenvalue weighted by Gasteiger charge is 2.39. The van der Waals surface area contributed by atoms with E-state index in [-0.39, 0.29) is 12.5 Å². The van der Waals surface area contributed by atoms with Crippen LogP contribution in [0.1, 0.15) is 19.8 Å². The van der Waals surface area contributed by atoms with E-state index in [0.717, 1.165) is 5.69 Å². The van der Waals surface area contributed by atoms with Gasteiger partial charge in [-0.05, 0) is 30.7 Å². The van der Waals surface area contributed by atoms with E-state index in [9.17, 15) is 9.59 Å². The van der Waals surface area contributed by atoms with Crippen LogP contribution >= 0.6 is 0 Å². The Hall–Kier alpha value is -2.54. The van der Waals surface area contributed by atoms with Gasteiger partial charge in [-0.3, -0.25) is 4.79 Å². The third-order valence-corrected chi connectivity index (χ3v) is 3.97. The number of ether oxygens (including phenoxy) is 4. The summed E-state index contributed by atoms with van der Waals surface area (Å²) in [6.07, 6.45) is 1.19. The summed E-state index contributed by atoms with van der Waals surface area (Å²) in [4.78, 5) is 25.4. The minimum absolute atomic E-state index is 0.0392. The smallest absolute Gasteiger partial charge is 0.332 e. The highest BCUT2D eigenvalue weighted by molar-refractivity contribution is 5.84. The summed E-state index contributed by atoms with van der Waals surface area (Å²) in [6.45, 7) is 1.95. The Kier molecular flexibility index (Phi) is 6.41. The van der Waals surface area contributed by atoms with Gasteiger partial charge in [-0.2, -0.15) is 0 Å². The van der Waals surface area contributed by atoms with Crippen molar-refractivity contribution < 1.29 is 28.5 Å². The van der Waals surface area contributed by atoms with Gasteiger partial charge in [-0.1, -0.05) is 6.92 Å². The monoisotopic (exact) mass is 349 g/mol. The lowest BCUT2D eigenvalue weighted by Crippen LogP contribution is -2.32. The molecule has 7 nitrogen and oxygen atoms in total. The van der Waals surface area contributed by atoms with Crippen LogP contribution in [0.4, 0.5) is 5.69 Å². The Balaban J connectivity index is 2.43. The molecular weight excluding hydrogens is 326 g/mol. The van der Waals surface area contributed by atoms with E-state index in [4.69, 9.17) is 18.9 Å². The van der Waals surface area contributed by atoms with E-state index in [1.807, 2.05) is 24.0 Å². The van der Waals surface area contributed by atoms with Gasteiger partial charge in [0.25, 0.3) is 0 Å². The normalized spacial score (nSPS) is 21.3.